The normalized spacial score (nSPS) is 21.4. The van der Waals surface area contributed by atoms with Gasteiger partial charge >= 0.3 is 11.4 Å². The van der Waals surface area contributed by atoms with Gasteiger partial charge in [0.15, 0.2) is 0 Å². The molecule has 0 aliphatic carbocycles. The topological polar surface area (TPSA) is 115 Å². The molecular formula is C61H74Cl2F4N10O3S4. The molecule has 0 unspecified atom stereocenters. The van der Waals surface area contributed by atoms with Crippen molar-refractivity contribution >= 4 is 113 Å². The zero-order valence-corrected chi connectivity index (χ0v) is 53.0. The second kappa shape index (κ2) is 27.3. The second-order valence-electron chi connectivity index (χ2n) is 22.8. The molecule has 0 radical (unpaired) electrons. The number of nitrogens with one attached hydrogen (secondary N) is 1. The average Bonchev–Trinajstić information content (AvgIpc) is 1.41. The molecule has 0 spiro atoms. The zero-order chi connectivity index (χ0) is 57.7. The number of anilines is 2. The SMILES string of the molecule is C=CC(=O)N1CCN(c2nc(=O)n3c4c(c(-c5ccc(F)cc5F)c(Cl)cc24)SC[C@@H]3CC2CCN(CC)CC2)[C@@H](C)C1.CCN1CCC(C[C@H]2CSc3c(-c4ccc(F)cc4F)c(Cl)cc4c(N5CCNC[C@@H]5C)nc(=O)n2c34)CC1.S.S. The van der Waals surface area contributed by atoms with Crippen molar-refractivity contribution in [2.45, 2.75) is 100 Å². The second-order valence-corrected chi connectivity index (χ2v) is 25.7. The molecule has 0 saturated carbocycles. The number of piperidine rings is 2. The number of carbonyl (C=O) groups is 1. The van der Waals surface area contributed by atoms with Crippen LogP contribution >= 0.6 is 73.7 Å². The Kier molecular flexibility index (Phi) is 20.8. The summed E-state index contributed by atoms with van der Waals surface area (Å²) in [5, 5.41) is 5.61. The van der Waals surface area contributed by atoms with Crippen LogP contribution in [0.25, 0.3) is 44.1 Å². The quantitative estimate of drug-likeness (QED) is 0.0984. The van der Waals surface area contributed by atoms with E-state index in [1.54, 1.807) is 39.1 Å². The van der Waals surface area contributed by atoms with E-state index in [4.69, 9.17) is 23.2 Å². The molecule has 13 nitrogen and oxygen atoms in total. The van der Waals surface area contributed by atoms with Crippen molar-refractivity contribution in [1.82, 2.24) is 39.1 Å². The first kappa shape index (κ1) is 64.0. The minimum absolute atomic E-state index is 0. The molecule has 2 aromatic heterocycles. The van der Waals surface area contributed by atoms with Crippen LogP contribution in [0.15, 0.2) is 80.6 Å². The lowest BCUT2D eigenvalue weighted by atomic mass is 9.90. The Labute approximate surface area is 520 Å². The number of hydrogen-bond donors (Lipinski definition) is 1. The van der Waals surface area contributed by atoms with Crippen molar-refractivity contribution in [2.75, 3.05) is 99.8 Å². The lowest BCUT2D eigenvalue weighted by molar-refractivity contribution is -0.126. The van der Waals surface area contributed by atoms with E-state index in [0.29, 0.717) is 86.2 Å². The predicted octanol–water partition coefficient (Wildman–Crippen LogP) is 11.8. The number of thioether (sulfide) groups is 2. The summed E-state index contributed by atoms with van der Waals surface area (Å²) in [5.41, 5.74) is 2.27. The van der Waals surface area contributed by atoms with Gasteiger partial charge in [0.25, 0.3) is 0 Å². The van der Waals surface area contributed by atoms with Gasteiger partial charge in [-0.25, -0.2) is 27.2 Å². The summed E-state index contributed by atoms with van der Waals surface area (Å²) >= 11 is 17.0. The predicted molar refractivity (Wildman–Crippen MR) is 345 cm³/mol. The smallest absolute Gasteiger partial charge is 0.350 e. The number of likely N-dealkylation sites (tertiary alicyclic amines) is 2. The van der Waals surface area contributed by atoms with Crippen molar-refractivity contribution in [3.8, 4) is 22.3 Å². The third kappa shape index (κ3) is 12.6. The first-order chi connectivity index (χ1) is 39.5. The van der Waals surface area contributed by atoms with Gasteiger partial charge in [-0.3, -0.25) is 13.9 Å². The van der Waals surface area contributed by atoms with Crippen molar-refractivity contribution in [3.63, 3.8) is 0 Å². The molecule has 6 aromatic rings. The lowest BCUT2D eigenvalue weighted by Gasteiger charge is -2.41. The van der Waals surface area contributed by atoms with E-state index in [0.717, 1.165) is 131 Å². The summed E-state index contributed by atoms with van der Waals surface area (Å²) in [6.07, 6.45) is 7.50. The Bertz CT molecular complexity index is 3570. The van der Waals surface area contributed by atoms with Crippen LogP contribution in [-0.2, 0) is 4.79 Å². The Balaban J connectivity index is 0.000000198. The van der Waals surface area contributed by atoms with Crippen LogP contribution in [0.1, 0.15) is 78.3 Å². The highest BCUT2D eigenvalue weighted by molar-refractivity contribution is 8.00. The van der Waals surface area contributed by atoms with Gasteiger partial charge in [-0.15, -0.1) is 23.5 Å². The number of amides is 1. The first-order valence-electron chi connectivity index (χ1n) is 28.9. The number of benzene rings is 4. The van der Waals surface area contributed by atoms with Crippen molar-refractivity contribution in [2.24, 2.45) is 11.8 Å². The zero-order valence-electron chi connectivity index (χ0n) is 47.8. The first-order valence-corrected chi connectivity index (χ1v) is 31.6. The number of hydrogen-bond acceptors (Lipinski definition) is 12. The van der Waals surface area contributed by atoms with Gasteiger partial charge in [-0.1, -0.05) is 43.6 Å². The summed E-state index contributed by atoms with van der Waals surface area (Å²) in [5.74, 6) is 0.676. The molecule has 4 fully saturated rings. The average molecular weight is 1270 g/mol. The highest BCUT2D eigenvalue weighted by Crippen LogP contribution is 2.51. The molecule has 84 heavy (non-hydrogen) atoms. The van der Waals surface area contributed by atoms with E-state index >= 15 is 8.78 Å². The minimum atomic E-state index is -0.706. The summed E-state index contributed by atoms with van der Waals surface area (Å²) < 4.78 is 61.6. The minimum Gasteiger partial charge on any atom is -0.351 e. The van der Waals surface area contributed by atoms with Crippen molar-refractivity contribution in [3.05, 3.63) is 115 Å². The molecule has 452 valence electrons. The Morgan fingerprint density at radius 3 is 1.52 bits per heavy atom. The van der Waals surface area contributed by atoms with Crippen molar-refractivity contribution in [1.29, 1.82) is 0 Å². The maximum Gasteiger partial charge on any atom is 0.350 e. The molecule has 8 heterocycles. The highest BCUT2D eigenvalue weighted by Gasteiger charge is 2.37. The van der Waals surface area contributed by atoms with Crippen LogP contribution in [-0.4, -0.2) is 142 Å². The van der Waals surface area contributed by atoms with Gasteiger partial charge in [0.05, 0.1) is 21.1 Å². The van der Waals surface area contributed by atoms with Crippen molar-refractivity contribution < 1.29 is 22.4 Å². The third-order valence-corrected chi connectivity index (χ3v) is 20.9. The number of nitrogens with zero attached hydrogens (tertiary/aromatic N) is 9. The molecule has 0 bridgehead atoms. The summed E-state index contributed by atoms with van der Waals surface area (Å²) in [6, 6.07) is 10.6. The number of piperazine rings is 2. The maximum atomic E-state index is 15.2. The van der Waals surface area contributed by atoms with Gasteiger partial charge in [0.1, 0.15) is 34.9 Å². The van der Waals surface area contributed by atoms with Crippen LogP contribution in [0.2, 0.25) is 10.0 Å². The van der Waals surface area contributed by atoms with Gasteiger partial charge in [0.2, 0.25) is 5.91 Å². The number of carbonyl (C=O) groups excluding carboxylic acids is 1. The van der Waals surface area contributed by atoms with E-state index in [2.05, 4.69) is 62.2 Å². The fraction of sp³-hybridized carbons (Fsp3) is 0.492. The van der Waals surface area contributed by atoms with Gasteiger partial charge in [0, 0.05) is 130 Å². The Morgan fingerprint density at radius 2 is 1.12 bits per heavy atom. The summed E-state index contributed by atoms with van der Waals surface area (Å²) in [4.78, 5) is 61.9. The number of aromatic nitrogens is 4. The Morgan fingerprint density at radius 1 is 0.667 bits per heavy atom. The lowest BCUT2D eigenvalue weighted by Crippen LogP contribution is -2.54. The maximum absolute atomic E-state index is 15.2. The van der Waals surface area contributed by atoms with E-state index in [1.165, 1.54) is 30.3 Å². The molecule has 23 heteroatoms. The summed E-state index contributed by atoms with van der Waals surface area (Å²) in [7, 11) is 0. The van der Waals surface area contributed by atoms with Gasteiger partial charge in [-0.2, -0.15) is 37.0 Å². The molecule has 12 rings (SSSR count). The van der Waals surface area contributed by atoms with Gasteiger partial charge in [-0.05, 0) is 146 Å². The van der Waals surface area contributed by atoms with Crippen LogP contribution in [0.3, 0.4) is 0 Å². The molecule has 6 aliphatic heterocycles. The fourth-order valence-corrected chi connectivity index (χ4v) is 16.8. The number of rotatable bonds is 11. The molecule has 1 N–H and O–H groups in total. The Hall–Kier alpha value is -4.45. The van der Waals surface area contributed by atoms with E-state index in [9.17, 15) is 23.2 Å². The molecule has 6 aliphatic rings. The van der Waals surface area contributed by atoms with E-state index in [-0.39, 0.29) is 79.6 Å². The molecule has 4 saturated heterocycles. The van der Waals surface area contributed by atoms with Gasteiger partial charge < -0.3 is 29.8 Å². The molecule has 4 atom stereocenters. The highest BCUT2D eigenvalue weighted by atomic mass is 35.5. The summed E-state index contributed by atoms with van der Waals surface area (Å²) in [6.45, 7) is 22.2. The molecule has 4 aromatic carbocycles. The molecular weight excluding hydrogens is 1200 g/mol. The molecule has 1 amide bonds. The van der Waals surface area contributed by atoms with E-state index in [1.807, 2.05) is 17.6 Å². The fourth-order valence-electron chi connectivity index (χ4n) is 13.4. The monoisotopic (exact) mass is 1270 g/mol. The third-order valence-electron chi connectivity index (χ3n) is 17.8. The van der Waals surface area contributed by atoms with Crippen LogP contribution in [0.5, 0.6) is 0 Å². The van der Waals surface area contributed by atoms with Crippen LogP contribution < -0.4 is 26.5 Å². The number of halogens is 6. The van der Waals surface area contributed by atoms with Crippen LogP contribution in [0, 0.1) is 35.1 Å². The van der Waals surface area contributed by atoms with Crippen LogP contribution in [0.4, 0.5) is 29.2 Å². The van der Waals surface area contributed by atoms with E-state index < -0.39 is 23.3 Å². The largest absolute Gasteiger partial charge is 0.351 e. The standard InChI is InChI=1S/C32H36ClF2N5O2S.C29H34ClF2N5OS.2H2S/c1-4-27(41)38-12-13-39(19(3)17-38)31-24-16-25(33)28(23-7-6-21(34)15-26(23)35)30-29(24)40(32(42)36-31)22(18-43-30)14-20-8-10-37(5-2)11-9-20;1-3-35-9-6-18(7-10-35)12-20-16-39-27-25(21-5-4-19(31)13-24(21)32)23(30)14-22-26(27)37(20)29(38)34-28(22)36-11-8-33-15-17(36)2;;/h4,6-7,15-16,19-20,22H,1,5,8-14,17-18H2,2-3H3;4-5,13-14,17-18,20,33H,3,6-12,15-16H2,1-2H3;2*1H2/t19-,22-;17-,20-;;/m00../s1.